The number of nitrogens with one attached hydrogen (secondary N) is 1. The molecule has 1 aliphatic rings. The first kappa shape index (κ1) is 13.0. The third kappa shape index (κ3) is 2.95. The van der Waals surface area contributed by atoms with Gasteiger partial charge in [0.2, 0.25) is 5.91 Å². The van der Waals surface area contributed by atoms with Crippen molar-refractivity contribution >= 4 is 11.9 Å². The Hall–Kier alpha value is -1.10. The van der Waals surface area contributed by atoms with Crippen molar-refractivity contribution in [2.24, 2.45) is 5.73 Å². The van der Waals surface area contributed by atoms with Crippen molar-refractivity contribution < 1.29 is 14.7 Å². The van der Waals surface area contributed by atoms with Crippen LogP contribution in [-0.4, -0.2) is 28.6 Å². The molecule has 5 heteroatoms. The van der Waals surface area contributed by atoms with Gasteiger partial charge in [0.25, 0.3) is 0 Å². The van der Waals surface area contributed by atoms with Crippen LogP contribution in [-0.2, 0) is 9.59 Å². The number of carboxylic acid groups (broad SMARTS) is 1. The minimum Gasteiger partial charge on any atom is -0.480 e. The van der Waals surface area contributed by atoms with Crippen molar-refractivity contribution in [1.82, 2.24) is 5.32 Å². The van der Waals surface area contributed by atoms with Crippen LogP contribution < -0.4 is 11.1 Å². The second-order valence-electron chi connectivity index (χ2n) is 4.52. The van der Waals surface area contributed by atoms with E-state index in [0.717, 1.165) is 19.3 Å². The van der Waals surface area contributed by atoms with Gasteiger partial charge in [0, 0.05) is 0 Å². The Balaban J connectivity index is 2.57. The normalized spacial score (nSPS) is 20.4. The summed E-state index contributed by atoms with van der Waals surface area (Å²) in [4.78, 5) is 22.7. The number of aliphatic carboxylic acids is 1. The molecule has 0 aromatic carbocycles. The first-order valence-electron chi connectivity index (χ1n) is 5.82. The zero-order valence-electron chi connectivity index (χ0n) is 9.66. The summed E-state index contributed by atoms with van der Waals surface area (Å²) < 4.78 is 0. The summed E-state index contributed by atoms with van der Waals surface area (Å²) >= 11 is 0. The van der Waals surface area contributed by atoms with Crippen LogP contribution in [0.1, 0.15) is 45.4 Å². The maximum Gasteiger partial charge on any atom is 0.326 e. The molecule has 0 aromatic rings. The molecule has 1 atom stereocenters. The van der Waals surface area contributed by atoms with Crippen molar-refractivity contribution in [3.63, 3.8) is 0 Å². The highest BCUT2D eigenvalue weighted by molar-refractivity contribution is 5.90. The molecule has 4 N–H and O–H groups in total. The SMILES string of the molecule is CCCC(NC(=O)C1(N)CCCC1)C(=O)O. The Bertz CT molecular complexity index is 272. The average molecular weight is 228 g/mol. The number of hydrogen-bond donors (Lipinski definition) is 3. The Morgan fingerprint density at radius 1 is 1.44 bits per heavy atom. The molecule has 0 bridgehead atoms. The molecule has 16 heavy (non-hydrogen) atoms. The van der Waals surface area contributed by atoms with Crippen LogP contribution in [0.3, 0.4) is 0 Å². The number of amides is 1. The Morgan fingerprint density at radius 3 is 2.44 bits per heavy atom. The lowest BCUT2D eigenvalue weighted by Gasteiger charge is -2.24. The predicted octanol–water partition coefficient (Wildman–Crippen LogP) is 0.627. The van der Waals surface area contributed by atoms with Crippen LogP contribution in [0.25, 0.3) is 0 Å². The van der Waals surface area contributed by atoms with Gasteiger partial charge in [0.15, 0.2) is 0 Å². The molecule has 5 nitrogen and oxygen atoms in total. The summed E-state index contributed by atoms with van der Waals surface area (Å²) in [6.07, 6.45) is 4.34. The summed E-state index contributed by atoms with van der Waals surface area (Å²) in [5, 5.41) is 11.5. The molecule has 1 saturated carbocycles. The van der Waals surface area contributed by atoms with Gasteiger partial charge in [-0.15, -0.1) is 0 Å². The molecule has 1 rings (SSSR count). The maximum atomic E-state index is 11.9. The van der Waals surface area contributed by atoms with E-state index in [2.05, 4.69) is 5.32 Å². The van der Waals surface area contributed by atoms with Gasteiger partial charge in [-0.1, -0.05) is 26.2 Å². The highest BCUT2D eigenvalue weighted by Crippen LogP contribution is 2.27. The Morgan fingerprint density at radius 2 is 2.00 bits per heavy atom. The van der Waals surface area contributed by atoms with E-state index >= 15 is 0 Å². The first-order chi connectivity index (χ1) is 7.49. The smallest absolute Gasteiger partial charge is 0.326 e. The molecular weight excluding hydrogens is 208 g/mol. The number of rotatable bonds is 5. The monoisotopic (exact) mass is 228 g/mol. The molecule has 0 spiro atoms. The number of carbonyl (C=O) groups is 2. The number of carboxylic acids is 1. The first-order valence-corrected chi connectivity index (χ1v) is 5.82. The predicted molar refractivity (Wildman–Crippen MR) is 59.9 cm³/mol. The van der Waals surface area contributed by atoms with Gasteiger partial charge in [0.1, 0.15) is 6.04 Å². The van der Waals surface area contributed by atoms with Crippen LogP contribution in [0.2, 0.25) is 0 Å². The van der Waals surface area contributed by atoms with E-state index in [1.807, 2.05) is 6.92 Å². The highest BCUT2D eigenvalue weighted by atomic mass is 16.4. The molecule has 1 unspecified atom stereocenters. The van der Waals surface area contributed by atoms with E-state index in [-0.39, 0.29) is 5.91 Å². The summed E-state index contributed by atoms with van der Waals surface area (Å²) in [6, 6.07) is -0.807. The zero-order chi connectivity index (χ0) is 12.2. The van der Waals surface area contributed by atoms with E-state index in [1.54, 1.807) is 0 Å². The van der Waals surface area contributed by atoms with Gasteiger partial charge in [-0.05, 0) is 19.3 Å². The van der Waals surface area contributed by atoms with Crippen LogP contribution in [0, 0.1) is 0 Å². The third-order valence-electron chi connectivity index (χ3n) is 3.13. The Kier molecular flexibility index (Phi) is 4.29. The third-order valence-corrected chi connectivity index (χ3v) is 3.13. The molecule has 0 aromatic heterocycles. The molecule has 0 radical (unpaired) electrons. The summed E-state index contributed by atoms with van der Waals surface area (Å²) in [7, 11) is 0. The fourth-order valence-electron chi connectivity index (χ4n) is 2.08. The van der Waals surface area contributed by atoms with E-state index in [4.69, 9.17) is 10.8 Å². The second kappa shape index (κ2) is 5.30. The van der Waals surface area contributed by atoms with Gasteiger partial charge < -0.3 is 16.2 Å². The summed E-state index contributed by atoms with van der Waals surface area (Å²) in [5.41, 5.74) is 5.10. The average Bonchev–Trinajstić information content (AvgIpc) is 2.65. The van der Waals surface area contributed by atoms with Gasteiger partial charge in [-0.2, -0.15) is 0 Å². The van der Waals surface area contributed by atoms with Crippen molar-refractivity contribution in [2.45, 2.75) is 57.0 Å². The standard InChI is InChI=1S/C11H20N2O3/c1-2-5-8(9(14)15)13-10(16)11(12)6-3-4-7-11/h8H,2-7,12H2,1H3,(H,13,16)(H,14,15). The van der Waals surface area contributed by atoms with E-state index in [0.29, 0.717) is 19.3 Å². The maximum absolute atomic E-state index is 11.9. The number of carbonyl (C=O) groups excluding carboxylic acids is 1. The molecule has 1 amide bonds. The highest BCUT2D eigenvalue weighted by Gasteiger charge is 2.38. The molecular formula is C11H20N2O3. The quantitative estimate of drug-likeness (QED) is 0.643. The fraction of sp³-hybridized carbons (Fsp3) is 0.818. The van der Waals surface area contributed by atoms with Gasteiger partial charge in [0.05, 0.1) is 5.54 Å². The van der Waals surface area contributed by atoms with Crippen molar-refractivity contribution in [1.29, 1.82) is 0 Å². The van der Waals surface area contributed by atoms with Gasteiger partial charge in [-0.3, -0.25) is 4.79 Å². The van der Waals surface area contributed by atoms with Gasteiger partial charge in [-0.25, -0.2) is 4.79 Å². The minimum absolute atomic E-state index is 0.314. The van der Waals surface area contributed by atoms with Crippen molar-refractivity contribution in [3.05, 3.63) is 0 Å². The van der Waals surface area contributed by atoms with Gasteiger partial charge >= 0.3 is 5.97 Å². The second-order valence-corrected chi connectivity index (χ2v) is 4.52. The topological polar surface area (TPSA) is 92.4 Å². The molecule has 1 aliphatic carbocycles. The van der Waals surface area contributed by atoms with Crippen LogP contribution in [0.15, 0.2) is 0 Å². The minimum atomic E-state index is -0.989. The number of hydrogen-bond acceptors (Lipinski definition) is 3. The van der Waals surface area contributed by atoms with Crippen LogP contribution >= 0.6 is 0 Å². The van der Waals surface area contributed by atoms with Crippen molar-refractivity contribution in [3.8, 4) is 0 Å². The van der Waals surface area contributed by atoms with E-state index < -0.39 is 17.6 Å². The molecule has 0 heterocycles. The van der Waals surface area contributed by atoms with E-state index in [9.17, 15) is 9.59 Å². The largest absolute Gasteiger partial charge is 0.480 e. The van der Waals surface area contributed by atoms with E-state index in [1.165, 1.54) is 0 Å². The lowest BCUT2D eigenvalue weighted by molar-refractivity contribution is -0.142. The van der Waals surface area contributed by atoms with Crippen LogP contribution in [0.4, 0.5) is 0 Å². The lowest BCUT2D eigenvalue weighted by Crippen LogP contribution is -2.55. The van der Waals surface area contributed by atoms with Crippen LogP contribution in [0.5, 0.6) is 0 Å². The molecule has 92 valence electrons. The number of nitrogens with two attached hydrogens (primary N) is 1. The summed E-state index contributed by atoms with van der Waals surface area (Å²) in [6.45, 7) is 1.88. The Labute approximate surface area is 95.4 Å². The fourth-order valence-corrected chi connectivity index (χ4v) is 2.08. The summed E-state index contributed by atoms with van der Waals surface area (Å²) in [5.74, 6) is -1.30. The van der Waals surface area contributed by atoms with Crippen molar-refractivity contribution in [2.75, 3.05) is 0 Å². The zero-order valence-corrected chi connectivity index (χ0v) is 9.66. The molecule has 0 aliphatic heterocycles. The molecule has 0 saturated heterocycles. The molecule has 1 fully saturated rings. The lowest BCUT2D eigenvalue weighted by atomic mass is 9.97.